The molecule has 0 aliphatic carbocycles. The van der Waals surface area contributed by atoms with Gasteiger partial charge >= 0.3 is 0 Å². The van der Waals surface area contributed by atoms with E-state index in [9.17, 15) is 5.11 Å². The van der Waals surface area contributed by atoms with Gasteiger partial charge in [0.25, 0.3) is 0 Å². The van der Waals surface area contributed by atoms with Gasteiger partial charge in [0.05, 0.1) is 19.3 Å². The van der Waals surface area contributed by atoms with E-state index in [1.165, 1.54) is 0 Å². The van der Waals surface area contributed by atoms with Gasteiger partial charge in [0, 0.05) is 32.0 Å². The van der Waals surface area contributed by atoms with Crippen LogP contribution in [0.3, 0.4) is 0 Å². The molecule has 2 atom stereocenters. The number of hydrogen-bond acceptors (Lipinski definition) is 5. The van der Waals surface area contributed by atoms with Crippen molar-refractivity contribution in [1.29, 1.82) is 0 Å². The highest BCUT2D eigenvalue weighted by atomic mass is 16.5. The maximum absolute atomic E-state index is 10.3. The van der Waals surface area contributed by atoms with Gasteiger partial charge in [-0.3, -0.25) is 9.58 Å². The molecule has 0 radical (unpaired) electrons. The Hall–Kier alpha value is -1.89. The third kappa shape index (κ3) is 5.29. The highest BCUT2D eigenvalue weighted by Gasteiger charge is 2.23. The molecule has 1 aromatic carbocycles. The summed E-state index contributed by atoms with van der Waals surface area (Å²) >= 11 is 0. The van der Waals surface area contributed by atoms with Gasteiger partial charge in [-0.25, -0.2) is 0 Å². The lowest BCUT2D eigenvalue weighted by atomic mass is 10.1. The van der Waals surface area contributed by atoms with Crippen molar-refractivity contribution in [3.8, 4) is 5.75 Å². The molecule has 6 nitrogen and oxygen atoms in total. The predicted octanol–water partition coefficient (Wildman–Crippen LogP) is 1.64. The van der Waals surface area contributed by atoms with Gasteiger partial charge in [0.1, 0.15) is 18.5 Å². The quantitative estimate of drug-likeness (QED) is 0.827. The Morgan fingerprint density at radius 3 is 3.08 bits per heavy atom. The smallest absolute Gasteiger partial charge is 0.122 e. The van der Waals surface area contributed by atoms with Crippen molar-refractivity contribution in [3.05, 3.63) is 47.8 Å². The fourth-order valence-electron chi connectivity index (χ4n) is 3.07. The fourth-order valence-corrected chi connectivity index (χ4v) is 3.07. The van der Waals surface area contributed by atoms with Gasteiger partial charge in [-0.2, -0.15) is 5.10 Å². The van der Waals surface area contributed by atoms with Crippen molar-refractivity contribution in [1.82, 2.24) is 14.7 Å². The number of morpholine rings is 1. The maximum Gasteiger partial charge on any atom is 0.122 e. The fraction of sp³-hybridized carbons (Fsp3) is 0.526. The zero-order valence-electron chi connectivity index (χ0n) is 15.0. The van der Waals surface area contributed by atoms with E-state index < -0.39 is 6.10 Å². The zero-order chi connectivity index (χ0) is 17.6. The third-order valence-corrected chi connectivity index (χ3v) is 4.42. The number of hydrogen-bond donors (Lipinski definition) is 1. The summed E-state index contributed by atoms with van der Waals surface area (Å²) in [5, 5.41) is 14.6. The summed E-state index contributed by atoms with van der Waals surface area (Å²) < 4.78 is 13.5. The lowest BCUT2D eigenvalue weighted by Crippen LogP contribution is -2.47. The molecule has 2 aromatic rings. The van der Waals surface area contributed by atoms with Crippen LogP contribution in [0.1, 0.15) is 11.1 Å². The minimum Gasteiger partial charge on any atom is -0.491 e. The summed E-state index contributed by atoms with van der Waals surface area (Å²) in [6, 6.07) is 8.02. The molecule has 1 aliphatic rings. The molecule has 0 bridgehead atoms. The van der Waals surface area contributed by atoms with Crippen molar-refractivity contribution < 1.29 is 14.6 Å². The molecule has 1 aliphatic heterocycles. The highest BCUT2D eigenvalue weighted by molar-refractivity contribution is 5.35. The molecule has 1 N–H and O–H groups in total. The van der Waals surface area contributed by atoms with Gasteiger partial charge in [0.15, 0.2) is 0 Å². The van der Waals surface area contributed by atoms with Gasteiger partial charge in [-0.15, -0.1) is 0 Å². The summed E-state index contributed by atoms with van der Waals surface area (Å²) in [5.41, 5.74) is 2.24. The van der Waals surface area contributed by atoms with Gasteiger partial charge < -0.3 is 14.6 Å². The van der Waals surface area contributed by atoms with Crippen LogP contribution in [0.15, 0.2) is 36.7 Å². The molecule has 0 spiro atoms. The van der Waals surface area contributed by atoms with E-state index in [0.717, 1.165) is 36.5 Å². The summed E-state index contributed by atoms with van der Waals surface area (Å²) in [5.74, 6) is 0.845. The number of aromatic nitrogens is 2. The maximum atomic E-state index is 10.3. The molecule has 0 saturated carbocycles. The minimum atomic E-state index is -0.525. The molecule has 6 heteroatoms. The Bertz CT molecular complexity index is 660. The van der Waals surface area contributed by atoms with E-state index in [4.69, 9.17) is 9.47 Å². The molecule has 136 valence electrons. The average molecular weight is 345 g/mol. The van der Waals surface area contributed by atoms with Crippen LogP contribution in [0.25, 0.3) is 0 Å². The van der Waals surface area contributed by atoms with Gasteiger partial charge in [-0.05, 0) is 37.1 Å². The molecule has 1 fully saturated rings. The van der Waals surface area contributed by atoms with E-state index in [-0.39, 0.29) is 6.10 Å². The van der Waals surface area contributed by atoms with Crippen molar-refractivity contribution >= 4 is 0 Å². The van der Waals surface area contributed by atoms with Gasteiger partial charge in [-0.1, -0.05) is 12.1 Å². The lowest BCUT2D eigenvalue weighted by molar-refractivity contribution is -0.0517. The summed E-state index contributed by atoms with van der Waals surface area (Å²) in [6.45, 7) is 7.97. The molecule has 0 unspecified atom stereocenters. The number of ether oxygens (including phenoxy) is 2. The lowest BCUT2D eigenvalue weighted by Gasteiger charge is -2.34. The SMILES string of the molecule is Cc1ccc(C)c(OC[C@H](O)CN2CCO[C@@H](Cn3cccn3)C2)c1. The van der Waals surface area contributed by atoms with Crippen LogP contribution < -0.4 is 4.74 Å². The number of aryl methyl sites for hydroxylation is 2. The van der Waals surface area contributed by atoms with Crippen LogP contribution in [-0.4, -0.2) is 64.8 Å². The molecule has 25 heavy (non-hydrogen) atoms. The zero-order valence-corrected chi connectivity index (χ0v) is 15.0. The number of aliphatic hydroxyl groups is 1. The largest absolute Gasteiger partial charge is 0.491 e. The van der Waals surface area contributed by atoms with E-state index >= 15 is 0 Å². The Morgan fingerprint density at radius 1 is 1.40 bits per heavy atom. The summed E-state index contributed by atoms with van der Waals surface area (Å²) in [7, 11) is 0. The molecule has 3 rings (SSSR count). The number of benzene rings is 1. The summed E-state index contributed by atoms with van der Waals surface area (Å²) in [6.07, 6.45) is 3.29. The van der Waals surface area contributed by atoms with E-state index in [0.29, 0.717) is 19.8 Å². The van der Waals surface area contributed by atoms with E-state index in [1.807, 2.05) is 42.9 Å². The predicted molar refractivity (Wildman–Crippen MR) is 95.8 cm³/mol. The van der Waals surface area contributed by atoms with Crippen molar-refractivity contribution in [2.45, 2.75) is 32.6 Å². The topological polar surface area (TPSA) is 59.8 Å². The first-order chi connectivity index (χ1) is 12.1. The van der Waals surface area contributed by atoms with Crippen LogP contribution in [-0.2, 0) is 11.3 Å². The number of aliphatic hydroxyl groups excluding tert-OH is 1. The Labute approximate surface area is 149 Å². The second kappa shape index (κ2) is 8.47. The van der Waals surface area contributed by atoms with Gasteiger partial charge in [0.2, 0.25) is 0 Å². The van der Waals surface area contributed by atoms with Crippen LogP contribution in [0.2, 0.25) is 0 Å². The monoisotopic (exact) mass is 345 g/mol. The average Bonchev–Trinajstić information content (AvgIpc) is 3.09. The molecule has 0 amide bonds. The minimum absolute atomic E-state index is 0.0979. The Balaban J connectivity index is 1.45. The van der Waals surface area contributed by atoms with E-state index in [1.54, 1.807) is 6.20 Å². The van der Waals surface area contributed by atoms with Crippen molar-refractivity contribution in [2.24, 2.45) is 0 Å². The normalized spacial score (nSPS) is 19.7. The molecule has 1 saturated heterocycles. The first kappa shape index (κ1) is 17.9. The first-order valence-corrected chi connectivity index (χ1v) is 8.79. The second-order valence-electron chi connectivity index (χ2n) is 6.71. The van der Waals surface area contributed by atoms with Crippen molar-refractivity contribution in [2.75, 3.05) is 32.8 Å². The molecule has 2 heterocycles. The molecule has 1 aromatic heterocycles. The summed E-state index contributed by atoms with van der Waals surface area (Å²) in [4.78, 5) is 2.23. The van der Waals surface area contributed by atoms with Crippen molar-refractivity contribution in [3.63, 3.8) is 0 Å². The molecular formula is C19H27N3O3. The van der Waals surface area contributed by atoms with Crippen LogP contribution in [0, 0.1) is 13.8 Å². The van der Waals surface area contributed by atoms with Crippen LogP contribution in [0.4, 0.5) is 0 Å². The van der Waals surface area contributed by atoms with Crippen LogP contribution >= 0.6 is 0 Å². The third-order valence-electron chi connectivity index (χ3n) is 4.42. The molecular weight excluding hydrogens is 318 g/mol. The number of rotatable bonds is 7. The second-order valence-corrected chi connectivity index (χ2v) is 6.71. The first-order valence-electron chi connectivity index (χ1n) is 8.79. The number of β-amino-alcohol motifs (C(OH)–C–C–N with tert-alkyl or cyclic N) is 1. The van der Waals surface area contributed by atoms with E-state index in [2.05, 4.69) is 16.1 Å². The standard InChI is InChI=1S/C19H27N3O3/c1-15-4-5-16(2)19(10-15)25-14-17(23)11-21-8-9-24-18(12-21)13-22-7-3-6-20-22/h3-7,10,17-18,23H,8-9,11-14H2,1-2H3/t17-,18-/m1/s1. The Kier molecular flexibility index (Phi) is 6.07. The number of nitrogens with zero attached hydrogens (tertiary/aromatic N) is 3. The van der Waals surface area contributed by atoms with Crippen LogP contribution in [0.5, 0.6) is 5.75 Å². The Morgan fingerprint density at radius 2 is 2.28 bits per heavy atom. The highest BCUT2D eigenvalue weighted by Crippen LogP contribution is 2.19.